The molecule has 0 amide bonds. The summed E-state index contributed by atoms with van der Waals surface area (Å²) in [6.45, 7) is 2.18. The summed E-state index contributed by atoms with van der Waals surface area (Å²) in [5, 5.41) is 14.0. The maximum absolute atomic E-state index is 10.6. The van der Waals surface area contributed by atoms with Crippen LogP contribution in [0, 0.1) is 10.1 Å². The molecule has 108 valence electrons. The predicted molar refractivity (Wildman–Crippen MR) is 80.2 cm³/mol. The highest BCUT2D eigenvalue weighted by molar-refractivity contribution is 5.49. The van der Waals surface area contributed by atoms with E-state index in [1.54, 1.807) is 24.3 Å². The standard InChI is InChI=1S/C16H16N2O3/c19-18(20)16-5-1-12(2-6-16)7-8-17-15-4-3-13-10-21-11-14(13)9-15/h1-6,9,17H,7-8,10-11H2. The van der Waals surface area contributed by atoms with Gasteiger partial charge in [-0.1, -0.05) is 18.2 Å². The Morgan fingerprint density at radius 3 is 2.62 bits per heavy atom. The van der Waals surface area contributed by atoms with Crippen molar-refractivity contribution in [3.63, 3.8) is 0 Å². The number of rotatable bonds is 5. The van der Waals surface area contributed by atoms with E-state index in [4.69, 9.17) is 4.74 Å². The first-order chi connectivity index (χ1) is 10.2. The second kappa shape index (κ2) is 5.93. The molecule has 0 radical (unpaired) electrons. The Bertz CT molecular complexity index is 653. The lowest BCUT2D eigenvalue weighted by Gasteiger charge is -2.08. The lowest BCUT2D eigenvalue weighted by molar-refractivity contribution is -0.384. The van der Waals surface area contributed by atoms with Gasteiger partial charge in [0.1, 0.15) is 0 Å². The van der Waals surface area contributed by atoms with E-state index in [0.717, 1.165) is 24.2 Å². The zero-order chi connectivity index (χ0) is 14.7. The Balaban J connectivity index is 1.55. The van der Waals surface area contributed by atoms with E-state index in [1.807, 2.05) is 0 Å². The molecule has 0 unspecified atom stereocenters. The molecule has 3 rings (SSSR count). The van der Waals surface area contributed by atoms with Crippen LogP contribution in [-0.2, 0) is 24.4 Å². The van der Waals surface area contributed by atoms with Gasteiger partial charge >= 0.3 is 0 Å². The monoisotopic (exact) mass is 284 g/mol. The number of nitro benzene ring substituents is 1. The van der Waals surface area contributed by atoms with E-state index in [1.165, 1.54) is 11.1 Å². The van der Waals surface area contributed by atoms with Gasteiger partial charge in [-0.05, 0) is 35.2 Å². The molecule has 0 spiro atoms. The topological polar surface area (TPSA) is 64.4 Å². The van der Waals surface area contributed by atoms with Crippen molar-refractivity contribution in [1.82, 2.24) is 0 Å². The summed E-state index contributed by atoms with van der Waals surface area (Å²) in [5.41, 5.74) is 4.80. The first-order valence-electron chi connectivity index (χ1n) is 6.89. The normalized spacial score (nSPS) is 13.0. The highest BCUT2D eigenvalue weighted by Gasteiger charge is 2.10. The van der Waals surface area contributed by atoms with Crippen LogP contribution in [0.4, 0.5) is 11.4 Å². The number of anilines is 1. The van der Waals surface area contributed by atoms with E-state index in [9.17, 15) is 10.1 Å². The summed E-state index contributed by atoms with van der Waals surface area (Å²) in [6.07, 6.45) is 0.825. The number of non-ortho nitro benzene ring substituents is 1. The maximum Gasteiger partial charge on any atom is 0.269 e. The third-order valence-corrected chi connectivity index (χ3v) is 3.61. The molecule has 0 saturated heterocycles. The molecule has 0 aliphatic carbocycles. The van der Waals surface area contributed by atoms with Gasteiger partial charge in [0.2, 0.25) is 0 Å². The zero-order valence-electron chi connectivity index (χ0n) is 11.5. The van der Waals surface area contributed by atoms with Crippen LogP contribution in [0.3, 0.4) is 0 Å². The molecule has 1 aliphatic rings. The van der Waals surface area contributed by atoms with Crippen molar-refractivity contribution in [2.75, 3.05) is 11.9 Å². The maximum atomic E-state index is 10.6. The first-order valence-corrected chi connectivity index (χ1v) is 6.89. The molecule has 0 saturated carbocycles. The van der Waals surface area contributed by atoms with E-state index in [-0.39, 0.29) is 10.6 Å². The average Bonchev–Trinajstić information content (AvgIpc) is 2.95. The summed E-state index contributed by atoms with van der Waals surface area (Å²) in [5.74, 6) is 0. The first kappa shape index (κ1) is 13.6. The molecule has 0 atom stereocenters. The number of hydrogen-bond acceptors (Lipinski definition) is 4. The minimum Gasteiger partial charge on any atom is -0.385 e. The highest BCUT2D eigenvalue weighted by Crippen LogP contribution is 2.23. The third-order valence-electron chi connectivity index (χ3n) is 3.61. The van der Waals surface area contributed by atoms with Crippen LogP contribution in [0.1, 0.15) is 16.7 Å². The van der Waals surface area contributed by atoms with Gasteiger partial charge in [-0.25, -0.2) is 0 Å². The fourth-order valence-corrected chi connectivity index (χ4v) is 2.42. The summed E-state index contributed by atoms with van der Waals surface area (Å²) < 4.78 is 5.39. The predicted octanol–water partition coefficient (Wildman–Crippen LogP) is 3.28. The van der Waals surface area contributed by atoms with Gasteiger partial charge in [0.05, 0.1) is 18.1 Å². The van der Waals surface area contributed by atoms with Gasteiger partial charge in [0.15, 0.2) is 0 Å². The molecule has 1 aliphatic heterocycles. The van der Waals surface area contributed by atoms with E-state index < -0.39 is 0 Å². The Labute approximate surface area is 122 Å². The quantitative estimate of drug-likeness (QED) is 0.676. The number of benzene rings is 2. The molecule has 1 heterocycles. The summed E-state index contributed by atoms with van der Waals surface area (Å²) in [6, 6.07) is 13.0. The van der Waals surface area contributed by atoms with Gasteiger partial charge in [-0.15, -0.1) is 0 Å². The van der Waals surface area contributed by atoms with Crippen LogP contribution in [0.2, 0.25) is 0 Å². The number of fused-ring (bicyclic) bond motifs is 1. The molecule has 5 nitrogen and oxygen atoms in total. The molecule has 0 fully saturated rings. The fraction of sp³-hybridized carbons (Fsp3) is 0.250. The Hall–Kier alpha value is -2.40. The van der Waals surface area contributed by atoms with Crippen LogP contribution < -0.4 is 5.32 Å². The van der Waals surface area contributed by atoms with Crippen molar-refractivity contribution in [3.05, 3.63) is 69.3 Å². The van der Waals surface area contributed by atoms with Gasteiger partial charge in [-0.2, -0.15) is 0 Å². The lowest BCUT2D eigenvalue weighted by Crippen LogP contribution is -2.05. The fourth-order valence-electron chi connectivity index (χ4n) is 2.42. The van der Waals surface area contributed by atoms with Gasteiger partial charge in [0, 0.05) is 24.4 Å². The van der Waals surface area contributed by atoms with Crippen LogP contribution in [0.5, 0.6) is 0 Å². The van der Waals surface area contributed by atoms with E-state index in [0.29, 0.717) is 13.2 Å². The second-order valence-electron chi connectivity index (χ2n) is 5.08. The van der Waals surface area contributed by atoms with Crippen LogP contribution in [0.25, 0.3) is 0 Å². The number of ether oxygens (including phenoxy) is 1. The molecule has 0 bridgehead atoms. The van der Waals surface area contributed by atoms with Crippen molar-refractivity contribution in [2.24, 2.45) is 0 Å². The Morgan fingerprint density at radius 2 is 1.86 bits per heavy atom. The Kier molecular flexibility index (Phi) is 3.83. The van der Waals surface area contributed by atoms with Crippen molar-refractivity contribution >= 4 is 11.4 Å². The van der Waals surface area contributed by atoms with Gasteiger partial charge in [-0.3, -0.25) is 10.1 Å². The molecular weight excluding hydrogens is 268 g/mol. The molecule has 2 aromatic rings. The second-order valence-corrected chi connectivity index (χ2v) is 5.08. The molecular formula is C16H16N2O3. The van der Waals surface area contributed by atoms with Crippen LogP contribution in [0.15, 0.2) is 42.5 Å². The smallest absolute Gasteiger partial charge is 0.269 e. The number of hydrogen-bond donors (Lipinski definition) is 1. The highest BCUT2D eigenvalue weighted by atomic mass is 16.6. The van der Waals surface area contributed by atoms with Crippen molar-refractivity contribution in [1.29, 1.82) is 0 Å². The molecule has 0 aromatic heterocycles. The van der Waals surface area contributed by atoms with Gasteiger partial charge in [0.25, 0.3) is 5.69 Å². The van der Waals surface area contributed by atoms with E-state index >= 15 is 0 Å². The van der Waals surface area contributed by atoms with Crippen molar-refractivity contribution < 1.29 is 9.66 Å². The van der Waals surface area contributed by atoms with Crippen LogP contribution >= 0.6 is 0 Å². The van der Waals surface area contributed by atoms with Crippen molar-refractivity contribution in [3.8, 4) is 0 Å². The molecule has 21 heavy (non-hydrogen) atoms. The minimum atomic E-state index is -0.380. The largest absolute Gasteiger partial charge is 0.385 e. The number of nitro groups is 1. The van der Waals surface area contributed by atoms with E-state index in [2.05, 4.69) is 23.5 Å². The van der Waals surface area contributed by atoms with Crippen LogP contribution in [-0.4, -0.2) is 11.5 Å². The molecule has 2 aromatic carbocycles. The summed E-state index contributed by atoms with van der Waals surface area (Å²) in [7, 11) is 0. The number of nitrogens with one attached hydrogen (secondary N) is 1. The SMILES string of the molecule is O=[N+]([O-])c1ccc(CCNc2ccc3c(c2)COC3)cc1. The Morgan fingerprint density at radius 1 is 1.10 bits per heavy atom. The summed E-state index contributed by atoms with van der Waals surface area (Å²) >= 11 is 0. The van der Waals surface area contributed by atoms with Gasteiger partial charge < -0.3 is 10.1 Å². The minimum absolute atomic E-state index is 0.130. The molecule has 5 heteroatoms. The third kappa shape index (κ3) is 3.20. The lowest BCUT2D eigenvalue weighted by atomic mass is 10.1. The zero-order valence-corrected chi connectivity index (χ0v) is 11.5. The summed E-state index contributed by atoms with van der Waals surface area (Å²) in [4.78, 5) is 10.2. The number of nitrogens with zero attached hydrogens (tertiary/aromatic N) is 1. The average molecular weight is 284 g/mol. The van der Waals surface area contributed by atoms with Crippen molar-refractivity contribution in [2.45, 2.75) is 19.6 Å². The molecule has 1 N–H and O–H groups in total.